The van der Waals surface area contributed by atoms with Crippen LogP contribution < -0.4 is 0 Å². The van der Waals surface area contributed by atoms with Crippen LogP contribution in [0.1, 0.15) is 103 Å². The molecule has 3 heteroatoms. The predicted molar refractivity (Wildman–Crippen MR) is 135 cm³/mol. The highest BCUT2D eigenvalue weighted by Crippen LogP contribution is 2.33. The van der Waals surface area contributed by atoms with E-state index in [0.717, 1.165) is 26.1 Å². The van der Waals surface area contributed by atoms with Crippen LogP contribution >= 0.6 is 0 Å². The third-order valence-electron chi connectivity index (χ3n) is 6.49. The molecule has 0 aromatic heterocycles. The van der Waals surface area contributed by atoms with Gasteiger partial charge in [0.15, 0.2) is 0 Å². The van der Waals surface area contributed by atoms with Gasteiger partial charge in [0.25, 0.3) is 0 Å². The summed E-state index contributed by atoms with van der Waals surface area (Å²) in [5.41, 5.74) is 5.16. The van der Waals surface area contributed by atoms with Crippen LogP contribution in [0, 0.1) is 0 Å². The van der Waals surface area contributed by atoms with Crippen molar-refractivity contribution in [3.8, 4) is 5.75 Å². The van der Waals surface area contributed by atoms with Crippen molar-refractivity contribution in [3.05, 3.63) is 47.1 Å². The summed E-state index contributed by atoms with van der Waals surface area (Å²) in [7, 11) is 0. The Kier molecular flexibility index (Phi) is 11.8. The van der Waals surface area contributed by atoms with E-state index in [1.165, 1.54) is 86.6 Å². The number of allylic oxidation sites excluding steroid dienone is 2. The van der Waals surface area contributed by atoms with Gasteiger partial charge < -0.3 is 10.1 Å². The van der Waals surface area contributed by atoms with Gasteiger partial charge in [0, 0.05) is 18.7 Å². The summed E-state index contributed by atoms with van der Waals surface area (Å²) < 4.78 is 0. The number of benzene rings is 1. The van der Waals surface area contributed by atoms with E-state index in [2.05, 4.69) is 55.9 Å². The molecule has 0 unspecified atom stereocenters. The van der Waals surface area contributed by atoms with Gasteiger partial charge in [-0.15, -0.1) is 0 Å². The number of unbranched alkanes of at least 4 members (excludes halogenated alkanes) is 9. The first-order chi connectivity index (χ1) is 15.1. The molecule has 1 heterocycles. The number of rotatable bonds is 15. The smallest absolute Gasteiger partial charge is 0.115 e. The summed E-state index contributed by atoms with van der Waals surface area (Å²) in [5.74, 6) is 0.379. The van der Waals surface area contributed by atoms with Crippen LogP contribution in [-0.2, 0) is 6.42 Å². The lowest BCUT2D eigenvalue weighted by molar-refractivity contribution is 0.0550. The average Bonchev–Trinajstić information content (AvgIpc) is 2.77. The highest BCUT2D eigenvalue weighted by Gasteiger charge is 2.22. The van der Waals surface area contributed by atoms with E-state index < -0.39 is 0 Å². The third-order valence-corrected chi connectivity index (χ3v) is 6.49. The molecule has 31 heavy (non-hydrogen) atoms. The number of phenols is 1. The minimum Gasteiger partial charge on any atom is -0.508 e. The van der Waals surface area contributed by atoms with Crippen molar-refractivity contribution in [1.29, 1.82) is 0 Å². The van der Waals surface area contributed by atoms with Gasteiger partial charge in [0.05, 0.1) is 12.2 Å². The van der Waals surface area contributed by atoms with Gasteiger partial charge in [-0.05, 0) is 49.1 Å². The van der Waals surface area contributed by atoms with Crippen LogP contribution in [0.5, 0.6) is 5.75 Å². The van der Waals surface area contributed by atoms with Gasteiger partial charge in [-0.3, -0.25) is 0 Å². The Morgan fingerprint density at radius 1 is 0.871 bits per heavy atom. The maximum atomic E-state index is 10.2. The predicted octanol–water partition coefficient (Wildman–Crippen LogP) is 7.72. The first-order valence-corrected chi connectivity index (χ1v) is 12.8. The van der Waals surface area contributed by atoms with Crippen LogP contribution in [0.25, 0.3) is 5.70 Å². The maximum absolute atomic E-state index is 10.2. The number of hydrazine groups is 1. The highest BCUT2D eigenvalue weighted by atomic mass is 16.3. The zero-order chi connectivity index (χ0) is 22.5. The topological polar surface area (TPSA) is 26.7 Å². The summed E-state index contributed by atoms with van der Waals surface area (Å²) in [4.78, 5) is 0. The fourth-order valence-electron chi connectivity index (χ4n) is 4.70. The molecule has 174 valence electrons. The first-order valence-electron chi connectivity index (χ1n) is 12.8. The van der Waals surface area contributed by atoms with E-state index >= 15 is 0 Å². The Labute approximate surface area is 191 Å². The van der Waals surface area contributed by atoms with E-state index in [-0.39, 0.29) is 0 Å². The second-order valence-electron chi connectivity index (χ2n) is 8.93. The molecular formula is C28H46N2O. The average molecular weight is 427 g/mol. The lowest BCUT2D eigenvalue weighted by Gasteiger charge is -2.39. The Hall–Kier alpha value is -1.74. The quantitative estimate of drug-likeness (QED) is 0.291. The number of hydrogen-bond acceptors (Lipinski definition) is 3. The second kappa shape index (κ2) is 14.3. The molecule has 2 rings (SSSR count). The second-order valence-corrected chi connectivity index (χ2v) is 8.93. The summed E-state index contributed by atoms with van der Waals surface area (Å²) in [5, 5.41) is 15.0. The first kappa shape index (κ1) is 25.5. The fourth-order valence-corrected chi connectivity index (χ4v) is 4.70. The van der Waals surface area contributed by atoms with Crippen LogP contribution in [0.2, 0.25) is 0 Å². The van der Waals surface area contributed by atoms with Crippen molar-refractivity contribution in [2.75, 3.05) is 19.6 Å². The van der Waals surface area contributed by atoms with Gasteiger partial charge in [0.2, 0.25) is 0 Å². The molecule has 1 aromatic rings. The third kappa shape index (κ3) is 8.03. The minimum absolute atomic E-state index is 0.379. The highest BCUT2D eigenvalue weighted by molar-refractivity contribution is 5.73. The van der Waals surface area contributed by atoms with Crippen molar-refractivity contribution in [2.24, 2.45) is 0 Å². The van der Waals surface area contributed by atoms with Crippen molar-refractivity contribution in [2.45, 2.75) is 98.3 Å². The van der Waals surface area contributed by atoms with Crippen LogP contribution in [0.3, 0.4) is 0 Å². The Morgan fingerprint density at radius 2 is 1.48 bits per heavy atom. The SMILES string of the molecule is CCCCCCCCCCCCc1cc(O)ccc1C1=C(C)C=CCN1N(CC)CC. The fraction of sp³-hybridized carbons (Fsp3) is 0.643. The normalized spacial score (nSPS) is 14.2. The molecular weight excluding hydrogens is 380 g/mol. The number of hydrogen-bond donors (Lipinski definition) is 1. The molecule has 1 N–H and O–H groups in total. The minimum atomic E-state index is 0.379. The Balaban J connectivity index is 1.96. The molecule has 1 aliphatic heterocycles. The standard InChI is InChI=1S/C28H46N2O/c1-5-8-9-10-11-12-13-14-15-16-19-25-23-26(31)20-21-27(25)28-24(4)18-17-22-30(28)29(6-2)7-3/h17-18,20-21,23,31H,5-16,19,22H2,1-4H3. The van der Waals surface area contributed by atoms with E-state index in [1.54, 1.807) is 0 Å². The largest absolute Gasteiger partial charge is 0.508 e. The van der Waals surface area contributed by atoms with Gasteiger partial charge in [0.1, 0.15) is 5.75 Å². The summed E-state index contributed by atoms with van der Waals surface area (Å²) in [6.45, 7) is 11.8. The van der Waals surface area contributed by atoms with Crippen molar-refractivity contribution in [1.82, 2.24) is 10.0 Å². The number of aromatic hydroxyl groups is 1. The van der Waals surface area contributed by atoms with Gasteiger partial charge >= 0.3 is 0 Å². The molecule has 0 fully saturated rings. The monoisotopic (exact) mass is 426 g/mol. The molecule has 0 amide bonds. The number of phenolic OH excluding ortho intramolecular Hbond substituents is 1. The van der Waals surface area contributed by atoms with Crippen molar-refractivity contribution < 1.29 is 5.11 Å². The molecule has 0 spiro atoms. The van der Waals surface area contributed by atoms with Gasteiger partial charge in [-0.1, -0.05) is 90.7 Å². The maximum Gasteiger partial charge on any atom is 0.115 e. The Morgan fingerprint density at radius 3 is 2.10 bits per heavy atom. The molecule has 0 aliphatic carbocycles. The summed E-state index contributed by atoms with van der Waals surface area (Å²) in [6.07, 6.45) is 19.0. The van der Waals surface area contributed by atoms with E-state index in [0.29, 0.717) is 5.75 Å². The van der Waals surface area contributed by atoms with Crippen molar-refractivity contribution in [3.63, 3.8) is 0 Å². The molecule has 0 bridgehead atoms. The zero-order valence-electron chi connectivity index (χ0n) is 20.6. The Bertz CT molecular complexity index is 703. The summed E-state index contributed by atoms with van der Waals surface area (Å²) >= 11 is 0. The lowest BCUT2D eigenvalue weighted by atomic mass is 9.94. The molecule has 3 nitrogen and oxygen atoms in total. The number of nitrogens with zero attached hydrogens (tertiary/aromatic N) is 2. The van der Waals surface area contributed by atoms with E-state index in [4.69, 9.17) is 0 Å². The summed E-state index contributed by atoms with van der Waals surface area (Å²) in [6, 6.07) is 5.95. The van der Waals surface area contributed by atoms with Gasteiger partial charge in [-0.25, -0.2) is 5.01 Å². The van der Waals surface area contributed by atoms with Crippen LogP contribution in [0.15, 0.2) is 35.9 Å². The zero-order valence-corrected chi connectivity index (χ0v) is 20.6. The van der Waals surface area contributed by atoms with Crippen LogP contribution in [0.4, 0.5) is 0 Å². The molecule has 0 saturated carbocycles. The van der Waals surface area contributed by atoms with E-state index in [1.807, 2.05) is 12.1 Å². The molecule has 0 saturated heterocycles. The van der Waals surface area contributed by atoms with E-state index in [9.17, 15) is 5.11 Å². The van der Waals surface area contributed by atoms with Crippen LogP contribution in [-0.4, -0.2) is 34.8 Å². The molecule has 0 radical (unpaired) electrons. The molecule has 1 aromatic carbocycles. The lowest BCUT2D eigenvalue weighted by Crippen LogP contribution is -2.42. The molecule has 1 aliphatic rings. The number of aryl methyl sites for hydroxylation is 1. The van der Waals surface area contributed by atoms with Crippen molar-refractivity contribution >= 4 is 5.70 Å². The molecule has 0 atom stereocenters. The van der Waals surface area contributed by atoms with Gasteiger partial charge in [-0.2, -0.15) is 0 Å².